The van der Waals surface area contributed by atoms with Crippen LogP contribution in [0.2, 0.25) is 0 Å². The largest absolute Gasteiger partial charge is 0.352 e. The zero-order valence-corrected chi connectivity index (χ0v) is 18.4. The predicted molar refractivity (Wildman–Crippen MR) is 119 cm³/mol. The summed E-state index contributed by atoms with van der Waals surface area (Å²) in [4.78, 5) is 16.0. The van der Waals surface area contributed by atoms with Crippen LogP contribution in [0.4, 0.5) is 0 Å². The number of allylic oxidation sites excluding steroid dienone is 4. The second-order valence-electron chi connectivity index (χ2n) is 7.84. The van der Waals surface area contributed by atoms with Gasteiger partial charge in [-0.05, 0) is 38.0 Å². The Morgan fingerprint density at radius 2 is 1.64 bits per heavy atom. The molecule has 28 heavy (non-hydrogen) atoms. The van der Waals surface area contributed by atoms with Crippen molar-refractivity contribution in [3.63, 3.8) is 0 Å². The third kappa shape index (κ3) is 19.4. The average Bonchev–Trinajstić information content (AvgIpc) is 2.68. The molecule has 1 atom stereocenters. The van der Waals surface area contributed by atoms with Gasteiger partial charge in [-0.1, -0.05) is 89.7 Å². The molecule has 0 aromatic heterocycles. The maximum Gasteiger partial charge on any atom is 0.243 e. The van der Waals surface area contributed by atoms with Gasteiger partial charge in [0.05, 0.1) is 0 Å². The van der Waals surface area contributed by atoms with Gasteiger partial charge in [0, 0.05) is 12.6 Å². The first-order valence-electron chi connectivity index (χ1n) is 11.2. The highest BCUT2D eigenvalue weighted by atomic mass is 17.1. The lowest BCUT2D eigenvalue weighted by Crippen LogP contribution is -2.25. The molecule has 0 radical (unpaired) electrons. The number of carbonyl (C=O) groups excluding carboxylic acids is 1. The van der Waals surface area contributed by atoms with Gasteiger partial charge < -0.3 is 5.32 Å². The summed E-state index contributed by atoms with van der Waals surface area (Å²) < 4.78 is 0. The minimum atomic E-state index is -0.158. The third-order valence-corrected chi connectivity index (χ3v) is 4.50. The molecule has 4 heteroatoms. The number of hydrogen-bond donors (Lipinski definition) is 2. The van der Waals surface area contributed by atoms with Gasteiger partial charge in [-0.25, -0.2) is 4.89 Å². The van der Waals surface area contributed by atoms with Crippen LogP contribution in [-0.2, 0) is 9.68 Å². The van der Waals surface area contributed by atoms with E-state index >= 15 is 0 Å². The number of amides is 1. The molecule has 1 amide bonds. The maximum atomic E-state index is 11.5. The van der Waals surface area contributed by atoms with Crippen molar-refractivity contribution in [1.82, 2.24) is 5.32 Å². The highest BCUT2D eigenvalue weighted by Gasteiger charge is 2.03. The molecule has 0 saturated carbocycles. The van der Waals surface area contributed by atoms with Crippen molar-refractivity contribution in [1.29, 1.82) is 0 Å². The van der Waals surface area contributed by atoms with E-state index in [9.17, 15) is 4.79 Å². The summed E-state index contributed by atoms with van der Waals surface area (Å²) in [5, 5.41) is 11.8. The molecule has 4 nitrogen and oxygen atoms in total. The van der Waals surface area contributed by atoms with Crippen LogP contribution in [0, 0.1) is 5.92 Å². The molecule has 0 saturated heterocycles. The molecule has 2 N–H and O–H groups in total. The summed E-state index contributed by atoms with van der Waals surface area (Å²) >= 11 is 0. The summed E-state index contributed by atoms with van der Waals surface area (Å²) in [7, 11) is 0. The maximum absolute atomic E-state index is 11.5. The second-order valence-corrected chi connectivity index (χ2v) is 7.84. The van der Waals surface area contributed by atoms with Gasteiger partial charge in [-0.3, -0.25) is 10.1 Å². The molecule has 0 aromatic rings. The van der Waals surface area contributed by atoms with Crippen LogP contribution < -0.4 is 5.32 Å². The van der Waals surface area contributed by atoms with Crippen molar-refractivity contribution in [2.45, 2.75) is 97.5 Å². The van der Waals surface area contributed by atoms with Crippen LogP contribution in [0.1, 0.15) is 91.4 Å². The lowest BCUT2D eigenvalue weighted by Gasteiger charge is -2.08. The zero-order valence-electron chi connectivity index (χ0n) is 18.4. The molecule has 0 aliphatic rings. The first-order valence-corrected chi connectivity index (χ1v) is 11.2. The van der Waals surface area contributed by atoms with Crippen molar-refractivity contribution in [3.8, 4) is 0 Å². The molecule has 0 spiro atoms. The molecule has 1 unspecified atom stereocenters. The molecular weight excluding hydrogens is 350 g/mol. The van der Waals surface area contributed by atoms with Crippen LogP contribution in [0.3, 0.4) is 0 Å². The van der Waals surface area contributed by atoms with Crippen molar-refractivity contribution in [3.05, 3.63) is 36.5 Å². The summed E-state index contributed by atoms with van der Waals surface area (Å²) in [6.45, 7) is 7.07. The number of rotatable bonds is 18. The van der Waals surface area contributed by atoms with Gasteiger partial charge in [-0.15, -0.1) is 0 Å². The number of unbranched alkanes of at least 4 members (excludes halogenated alkanes) is 8. The minimum Gasteiger partial charge on any atom is -0.352 e. The lowest BCUT2D eigenvalue weighted by molar-refractivity contribution is -0.267. The zero-order chi connectivity index (χ0) is 20.9. The van der Waals surface area contributed by atoms with Crippen LogP contribution >= 0.6 is 0 Å². The van der Waals surface area contributed by atoms with E-state index in [4.69, 9.17) is 5.26 Å². The van der Waals surface area contributed by atoms with E-state index in [2.05, 4.69) is 43.1 Å². The van der Waals surface area contributed by atoms with Crippen molar-refractivity contribution < 1.29 is 14.9 Å². The van der Waals surface area contributed by atoms with Gasteiger partial charge in [0.1, 0.15) is 6.10 Å². The van der Waals surface area contributed by atoms with Gasteiger partial charge in [0.25, 0.3) is 0 Å². The van der Waals surface area contributed by atoms with Crippen molar-refractivity contribution in [2.75, 3.05) is 6.54 Å². The Labute approximate surface area is 173 Å². The molecule has 162 valence electrons. The fourth-order valence-electron chi connectivity index (χ4n) is 2.76. The Balaban J connectivity index is 3.58. The molecule has 0 aromatic carbocycles. The van der Waals surface area contributed by atoms with Gasteiger partial charge in [0.15, 0.2) is 0 Å². The van der Waals surface area contributed by atoms with Gasteiger partial charge >= 0.3 is 0 Å². The number of hydrogen-bond acceptors (Lipinski definition) is 3. The lowest BCUT2D eigenvalue weighted by atomic mass is 10.1. The smallest absolute Gasteiger partial charge is 0.243 e. The van der Waals surface area contributed by atoms with Crippen LogP contribution in [-0.4, -0.2) is 23.8 Å². The van der Waals surface area contributed by atoms with E-state index in [0.29, 0.717) is 12.5 Å². The summed E-state index contributed by atoms with van der Waals surface area (Å²) in [5.41, 5.74) is 0. The fraction of sp³-hybridized carbons (Fsp3) is 0.708. The Kier molecular flexibility index (Phi) is 19.3. The first kappa shape index (κ1) is 26.6. The highest BCUT2D eigenvalue weighted by Crippen LogP contribution is 2.12. The number of nitrogens with one attached hydrogen (secondary N) is 1. The summed E-state index contributed by atoms with van der Waals surface area (Å²) in [6, 6.07) is 0. The van der Waals surface area contributed by atoms with E-state index in [0.717, 1.165) is 25.7 Å². The summed E-state index contributed by atoms with van der Waals surface area (Å²) in [6.07, 6.45) is 23.9. The standard InChI is InChI=1S/C24H43NO3/c1-4-5-6-12-15-18-23(28-27)19-16-13-10-8-7-9-11-14-17-20-24(26)25-21-22(2)3/h11,14-15,17-18,20,22-23,27H,4-10,12-13,16,19,21H2,1-3H3,(H,25,26)/b14-11+,18-15+,20-17+. The average molecular weight is 394 g/mol. The number of carbonyl (C=O) groups is 1. The van der Waals surface area contributed by atoms with Gasteiger partial charge in [-0.2, -0.15) is 0 Å². The van der Waals surface area contributed by atoms with Crippen molar-refractivity contribution >= 4 is 5.91 Å². The molecule has 0 rings (SSSR count). The Bertz CT molecular complexity index is 441. The van der Waals surface area contributed by atoms with E-state index in [1.807, 2.05) is 12.2 Å². The Morgan fingerprint density at radius 1 is 0.964 bits per heavy atom. The van der Waals surface area contributed by atoms with E-state index in [1.165, 1.54) is 44.9 Å². The highest BCUT2D eigenvalue weighted by molar-refractivity contribution is 5.87. The van der Waals surface area contributed by atoms with E-state index in [-0.39, 0.29) is 12.0 Å². The SMILES string of the molecule is CCCCC/C=C/C(CCCCCCC/C=C/C=C/C(=O)NCC(C)C)OO. The quantitative estimate of drug-likeness (QED) is 0.0689. The molecule has 0 heterocycles. The van der Waals surface area contributed by atoms with E-state index in [1.54, 1.807) is 12.2 Å². The van der Waals surface area contributed by atoms with E-state index < -0.39 is 0 Å². The predicted octanol–water partition coefficient (Wildman–Crippen LogP) is 6.60. The summed E-state index contributed by atoms with van der Waals surface area (Å²) in [5.74, 6) is 0.446. The van der Waals surface area contributed by atoms with Crippen LogP contribution in [0.25, 0.3) is 0 Å². The molecule has 0 aliphatic carbocycles. The van der Waals surface area contributed by atoms with Crippen LogP contribution in [0.5, 0.6) is 0 Å². The van der Waals surface area contributed by atoms with Crippen molar-refractivity contribution in [2.24, 2.45) is 5.92 Å². The second kappa shape index (κ2) is 20.3. The van der Waals surface area contributed by atoms with Gasteiger partial charge in [0.2, 0.25) is 5.91 Å². The molecule has 0 bridgehead atoms. The van der Waals surface area contributed by atoms with Crippen LogP contribution in [0.15, 0.2) is 36.5 Å². The first-order chi connectivity index (χ1) is 13.6. The Hall–Kier alpha value is -1.39. The topological polar surface area (TPSA) is 58.6 Å². The normalized spacial score (nSPS) is 13.3. The molecular formula is C24H43NO3. The third-order valence-electron chi connectivity index (χ3n) is 4.50. The minimum absolute atomic E-state index is 0.0284. The fourth-order valence-corrected chi connectivity index (χ4v) is 2.76. The molecule has 0 aliphatic heterocycles. The molecule has 0 fully saturated rings. The Morgan fingerprint density at radius 3 is 2.36 bits per heavy atom. The monoisotopic (exact) mass is 393 g/mol.